The molecular weight excluding hydrogens is 198 g/mol. The number of nitrogen functional groups attached to an aromatic ring is 1. The van der Waals surface area contributed by atoms with Gasteiger partial charge in [0, 0.05) is 18.1 Å². The molecule has 0 atom stereocenters. The van der Waals surface area contributed by atoms with E-state index in [0.717, 1.165) is 0 Å². The number of hydrogen-bond acceptors (Lipinski definition) is 2. The standard InChI is InChI=1S/C11H10F2N2/c1-15-9-5-2-6-8(14)4-3-7(12)10(6)11(9)13/h2-5,15H,14H2,1H3. The second-order valence-electron chi connectivity index (χ2n) is 3.24. The molecule has 2 rings (SSSR count). The second kappa shape index (κ2) is 3.38. The van der Waals surface area contributed by atoms with E-state index >= 15 is 0 Å². The van der Waals surface area contributed by atoms with Gasteiger partial charge in [0.15, 0.2) is 5.82 Å². The maximum absolute atomic E-state index is 13.8. The smallest absolute Gasteiger partial charge is 0.157 e. The Kier molecular flexibility index (Phi) is 2.19. The molecule has 0 radical (unpaired) electrons. The molecular formula is C11H10F2N2. The van der Waals surface area contributed by atoms with E-state index in [-0.39, 0.29) is 11.1 Å². The van der Waals surface area contributed by atoms with Crippen molar-refractivity contribution in [3.8, 4) is 0 Å². The molecule has 0 aromatic heterocycles. The Morgan fingerprint density at radius 3 is 2.53 bits per heavy atom. The van der Waals surface area contributed by atoms with Crippen LogP contribution in [0.25, 0.3) is 10.8 Å². The van der Waals surface area contributed by atoms with Gasteiger partial charge in [-0.05, 0) is 24.3 Å². The highest BCUT2D eigenvalue weighted by Gasteiger charge is 2.12. The van der Waals surface area contributed by atoms with Crippen LogP contribution in [-0.4, -0.2) is 7.05 Å². The third-order valence-corrected chi connectivity index (χ3v) is 2.37. The third kappa shape index (κ3) is 1.38. The van der Waals surface area contributed by atoms with Crippen LogP contribution in [-0.2, 0) is 0 Å². The summed E-state index contributed by atoms with van der Waals surface area (Å²) in [6.07, 6.45) is 0. The molecule has 0 heterocycles. The van der Waals surface area contributed by atoms with Crippen LogP contribution in [0.5, 0.6) is 0 Å². The lowest BCUT2D eigenvalue weighted by molar-refractivity contribution is 0.610. The zero-order chi connectivity index (χ0) is 11.0. The SMILES string of the molecule is CNc1ccc2c(N)ccc(F)c2c1F. The largest absolute Gasteiger partial charge is 0.398 e. The molecule has 2 aromatic carbocycles. The van der Waals surface area contributed by atoms with E-state index in [2.05, 4.69) is 5.32 Å². The van der Waals surface area contributed by atoms with E-state index in [9.17, 15) is 8.78 Å². The van der Waals surface area contributed by atoms with Gasteiger partial charge in [-0.3, -0.25) is 0 Å². The van der Waals surface area contributed by atoms with Crippen molar-refractivity contribution in [3.05, 3.63) is 35.9 Å². The van der Waals surface area contributed by atoms with Gasteiger partial charge in [-0.15, -0.1) is 0 Å². The minimum absolute atomic E-state index is 0.0677. The van der Waals surface area contributed by atoms with Crippen molar-refractivity contribution in [2.45, 2.75) is 0 Å². The lowest BCUT2D eigenvalue weighted by Crippen LogP contribution is -1.97. The number of nitrogens with one attached hydrogen (secondary N) is 1. The maximum Gasteiger partial charge on any atom is 0.157 e. The minimum Gasteiger partial charge on any atom is -0.398 e. The Morgan fingerprint density at radius 1 is 1.13 bits per heavy atom. The van der Waals surface area contributed by atoms with Crippen LogP contribution < -0.4 is 11.1 Å². The molecule has 0 aliphatic heterocycles. The molecule has 3 N–H and O–H groups in total. The van der Waals surface area contributed by atoms with E-state index in [4.69, 9.17) is 5.73 Å². The van der Waals surface area contributed by atoms with Crippen LogP contribution in [0.1, 0.15) is 0 Å². The summed E-state index contributed by atoms with van der Waals surface area (Å²) in [5.41, 5.74) is 6.26. The molecule has 15 heavy (non-hydrogen) atoms. The summed E-state index contributed by atoms with van der Waals surface area (Å²) in [7, 11) is 1.58. The monoisotopic (exact) mass is 208 g/mol. The number of nitrogens with two attached hydrogens (primary N) is 1. The van der Waals surface area contributed by atoms with E-state index in [1.807, 2.05) is 0 Å². The first-order valence-electron chi connectivity index (χ1n) is 4.49. The van der Waals surface area contributed by atoms with Crippen molar-refractivity contribution in [2.24, 2.45) is 0 Å². The summed E-state index contributed by atoms with van der Waals surface area (Å²) in [4.78, 5) is 0. The fourth-order valence-corrected chi connectivity index (χ4v) is 1.58. The van der Waals surface area contributed by atoms with Crippen molar-refractivity contribution in [2.75, 3.05) is 18.1 Å². The Hall–Kier alpha value is -1.84. The average Bonchev–Trinajstić information content (AvgIpc) is 2.23. The second-order valence-corrected chi connectivity index (χ2v) is 3.24. The first-order chi connectivity index (χ1) is 7.15. The van der Waals surface area contributed by atoms with E-state index in [1.54, 1.807) is 13.1 Å². The normalized spacial score (nSPS) is 10.6. The van der Waals surface area contributed by atoms with E-state index in [0.29, 0.717) is 11.1 Å². The zero-order valence-corrected chi connectivity index (χ0v) is 8.14. The van der Waals surface area contributed by atoms with Crippen molar-refractivity contribution in [1.82, 2.24) is 0 Å². The Balaban J connectivity index is 2.92. The van der Waals surface area contributed by atoms with Gasteiger partial charge in [-0.2, -0.15) is 0 Å². The predicted octanol–water partition coefficient (Wildman–Crippen LogP) is 2.74. The summed E-state index contributed by atoms with van der Waals surface area (Å²) >= 11 is 0. The topological polar surface area (TPSA) is 38.0 Å². The quantitative estimate of drug-likeness (QED) is 0.707. The van der Waals surface area contributed by atoms with Gasteiger partial charge in [0.05, 0.1) is 11.1 Å². The fourth-order valence-electron chi connectivity index (χ4n) is 1.58. The Bertz CT molecular complexity index is 523. The van der Waals surface area contributed by atoms with Crippen molar-refractivity contribution < 1.29 is 8.78 Å². The number of anilines is 2. The summed E-state index contributed by atoms with van der Waals surface area (Å²) < 4.78 is 27.2. The predicted molar refractivity (Wildman–Crippen MR) is 57.8 cm³/mol. The van der Waals surface area contributed by atoms with Crippen LogP contribution in [0, 0.1) is 11.6 Å². The molecule has 4 heteroatoms. The average molecular weight is 208 g/mol. The molecule has 0 spiro atoms. The number of hydrogen-bond donors (Lipinski definition) is 2. The van der Waals surface area contributed by atoms with Gasteiger partial charge in [-0.25, -0.2) is 8.78 Å². The number of benzene rings is 2. The highest BCUT2D eigenvalue weighted by atomic mass is 19.1. The zero-order valence-electron chi connectivity index (χ0n) is 8.14. The summed E-state index contributed by atoms with van der Waals surface area (Å²) in [5.74, 6) is -1.21. The molecule has 0 amide bonds. The van der Waals surface area contributed by atoms with Gasteiger partial charge in [0.2, 0.25) is 0 Å². The molecule has 0 aliphatic carbocycles. The van der Waals surface area contributed by atoms with Gasteiger partial charge >= 0.3 is 0 Å². The molecule has 0 unspecified atom stereocenters. The summed E-state index contributed by atoms with van der Waals surface area (Å²) in [6.45, 7) is 0. The van der Waals surface area contributed by atoms with Gasteiger partial charge in [0.1, 0.15) is 5.82 Å². The molecule has 0 bridgehead atoms. The van der Waals surface area contributed by atoms with E-state index < -0.39 is 11.6 Å². The molecule has 0 saturated carbocycles. The first-order valence-corrected chi connectivity index (χ1v) is 4.49. The van der Waals surface area contributed by atoms with Crippen LogP contribution in [0.4, 0.5) is 20.2 Å². The first kappa shape index (κ1) is 9.71. The van der Waals surface area contributed by atoms with Gasteiger partial charge in [0.25, 0.3) is 0 Å². The molecule has 2 aromatic rings. The Morgan fingerprint density at radius 2 is 1.87 bits per heavy atom. The number of rotatable bonds is 1. The molecule has 2 nitrogen and oxygen atoms in total. The van der Waals surface area contributed by atoms with Crippen LogP contribution >= 0.6 is 0 Å². The number of fused-ring (bicyclic) bond motifs is 1. The van der Waals surface area contributed by atoms with Crippen LogP contribution in [0.15, 0.2) is 24.3 Å². The summed E-state index contributed by atoms with van der Waals surface area (Å²) in [6, 6.07) is 5.73. The minimum atomic E-state index is -0.611. The van der Waals surface area contributed by atoms with Crippen LogP contribution in [0.2, 0.25) is 0 Å². The van der Waals surface area contributed by atoms with Crippen molar-refractivity contribution in [3.63, 3.8) is 0 Å². The molecule has 0 saturated heterocycles. The summed E-state index contributed by atoms with van der Waals surface area (Å²) in [5, 5.41) is 2.98. The molecule has 78 valence electrons. The molecule has 0 aliphatic rings. The van der Waals surface area contributed by atoms with Gasteiger partial charge in [-0.1, -0.05) is 0 Å². The van der Waals surface area contributed by atoms with Gasteiger partial charge < -0.3 is 11.1 Å². The van der Waals surface area contributed by atoms with E-state index in [1.165, 1.54) is 18.2 Å². The third-order valence-electron chi connectivity index (χ3n) is 2.37. The molecule has 0 fully saturated rings. The highest BCUT2D eigenvalue weighted by molar-refractivity contribution is 5.95. The lowest BCUT2D eigenvalue weighted by Gasteiger charge is -2.08. The fraction of sp³-hybridized carbons (Fsp3) is 0.0909. The van der Waals surface area contributed by atoms with Crippen LogP contribution in [0.3, 0.4) is 0 Å². The number of halogens is 2. The van der Waals surface area contributed by atoms with Crippen molar-refractivity contribution in [1.29, 1.82) is 0 Å². The maximum atomic E-state index is 13.8. The Labute approximate surface area is 85.7 Å². The highest BCUT2D eigenvalue weighted by Crippen LogP contribution is 2.30. The van der Waals surface area contributed by atoms with Crippen molar-refractivity contribution >= 4 is 22.1 Å². The lowest BCUT2D eigenvalue weighted by atomic mass is 10.1.